The first-order valence-electron chi connectivity index (χ1n) is 7.81. The number of fused-ring (bicyclic) bond motifs is 1. The van der Waals surface area contributed by atoms with Gasteiger partial charge in [-0.15, -0.1) is 0 Å². The number of benzene rings is 2. The lowest BCUT2D eigenvalue weighted by Gasteiger charge is -2.15. The molecule has 0 aromatic heterocycles. The normalized spacial score (nSPS) is 13.1. The Bertz CT molecular complexity index is 763. The molecule has 1 aliphatic rings. The van der Waals surface area contributed by atoms with E-state index >= 15 is 0 Å². The summed E-state index contributed by atoms with van der Waals surface area (Å²) in [5.41, 5.74) is 1.67. The Balaban J connectivity index is 1.54. The number of nitrogens with one attached hydrogen (secondary N) is 2. The number of aliphatic carboxylic acids is 1. The third-order valence-corrected chi connectivity index (χ3v) is 3.78. The number of urea groups is 1. The summed E-state index contributed by atoms with van der Waals surface area (Å²) in [6.45, 7) is 0.437. The van der Waals surface area contributed by atoms with Crippen molar-refractivity contribution < 1.29 is 24.2 Å². The van der Waals surface area contributed by atoms with Crippen molar-refractivity contribution in [3.63, 3.8) is 0 Å². The third-order valence-electron chi connectivity index (χ3n) is 3.78. The molecular formula is C18H18N2O5. The second kappa shape index (κ2) is 7.57. The fourth-order valence-corrected chi connectivity index (χ4v) is 2.49. The van der Waals surface area contributed by atoms with Crippen LogP contribution in [0, 0.1) is 0 Å². The summed E-state index contributed by atoms with van der Waals surface area (Å²) in [4.78, 5) is 23.4. The van der Waals surface area contributed by atoms with Crippen molar-refractivity contribution in [1.82, 2.24) is 10.6 Å². The molecule has 25 heavy (non-hydrogen) atoms. The zero-order valence-electron chi connectivity index (χ0n) is 13.4. The predicted molar refractivity (Wildman–Crippen MR) is 89.5 cm³/mol. The van der Waals surface area contributed by atoms with Crippen LogP contribution in [0.1, 0.15) is 11.1 Å². The van der Waals surface area contributed by atoms with Gasteiger partial charge < -0.3 is 25.2 Å². The molecule has 2 aromatic carbocycles. The Morgan fingerprint density at radius 2 is 1.80 bits per heavy atom. The summed E-state index contributed by atoms with van der Waals surface area (Å²) >= 11 is 0. The van der Waals surface area contributed by atoms with E-state index in [-0.39, 0.29) is 19.8 Å². The van der Waals surface area contributed by atoms with Crippen LogP contribution < -0.4 is 20.1 Å². The Hall–Kier alpha value is -3.22. The number of rotatable bonds is 6. The van der Waals surface area contributed by atoms with Crippen molar-refractivity contribution >= 4 is 12.0 Å². The van der Waals surface area contributed by atoms with Crippen LogP contribution in [0.25, 0.3) is 0 Å². The van der Waals surface area contributed by atoms with Crippen LogP contribution in [0.5, 0.6) is 11.5 Å². The number of carboxylic acid groups (broad SMARTS) is 1. The van der Waals surface area contributed by atoms with Crippen LogP contribution in [0.3, 0.4) is 0 Å². The van der Waals surface area contributed by atoms with Crippen LogP contribution in [0.2, 0.25) is 0 Å². The summed E-state index contributed by atoms with van der Waals surface area (Å²) in [6.07, 6.45) is 0.216. The summed E-state index contributed by atoms with van der Waals surface area (Å²) in [6, 6.07) is 13.0. The lowest BCUT2D eigenvalue weighted by Crippen LogP contribution is -2.46. The minimum atomic E-state index is -1.08. The number of hydrogen-bond acceptors (Lipinski definition) is 4. The van der Waals surface area contributed by atoms with Gasteiger partial charge in [-0.2, -0.15) is 0 Å². The molecule has 130 valence electrons. The van der Waals surface area contributed by atoms with E-state index in [9.17, 15) is 14.7 Å². The molecular weight excluding hydrogens is 324 g/mol. The second-order valence-corrected chi connectivity index (χ2v) is 5.60. The molecule has 0 spiro atoms. The van der Waals surface area contributed by atoms with Crippen LogP contribution >= 0.6 is 0 Å². The fraction of sp³-hybridized carbons (Fsp3) is 0.222. The van der Waals surface area contributed by atoms with Crippen molar-refractivity contribution in [2.24, 2.45) is 0 Å². The molecule has 1 heterocycles. The Kier molecular flexibility index (Phi) is 5.03. The maximum Gasteiger partial charge on any atom is 0.326 e. The minimum Gasteiger partial charge on any atom is -0.480 e. The molecule has 0 aliphatic carbocycles. The number of carbonyl (C=O) groups excluding carboxylic acids is 1. The SMILES string of the molecule is O=C(NCc1ccc2c(c1)OCO2)N[C@@H](Cc1ccccc1)C(=O)O. The number of carboxylic acids is 1. The number of amides is 2. The van der Waals surface area contributed by atoms with E-state index in [1.807, 2.05) is 36.4 Å². The van der Waals surface area contributed by atoms with Gasteiger partial charge in [0, 0.05) is 13.0 Å². The topological polar surface area (TPSA) is 96.9 Å². The molecule has 0 unspecified atom stereocenters. The monoisotopic (exact) mass is 342 g/mol. The van der Waals surface area contributed by atoms with Gasteiger partial charge in [-0.3, -0.25) is 0 Å². The van der Waals surface area contributed by atoms with Crippen molar-refractivity contribution in [2.45, 2.75) is 19.0 Å². The number of ether oxygens (including phenoxy) is 2. The van der Waals surface area contributed by atoms with Crippen molar-refractivity contribution in [3.8, 4) is 11.5 Å². The first-order valence-corrected chi connectivity index (χ1v) is 7.81. The standard InChI is InChI=1S/C18H18N2O5/c21-17(22)14(8-12-4-2-1-3-5-12)20-18(23)19-10-13-6-7-15-16(9-13)25-11-24-15/h1-7,9,14H,8,10-11H2,(H,21,22)(H2,19,20,23)/t14-/m0/s1. The molecule has 2 aromatic rings. The van der Waals surface area contributed by atoms with Crippen LogP contribution in [0.15, 0.2) is 48.5 Å². The van der Waals surface area contributed by atoms with E-state index in [1.165, 1.54) is 0 Å². The van der Waals surface area contributed by atoms with Gasteiger partial charge in [0.15, 0.2) is 11.5 Å². The van der Waals surface area contributed by atoms with Crippen molar-refractivity contribution in [2.75, 3.05) is 6.79 Å². The van der Waals surface area contributed by atoms with E-state index in [2.05, 4.69) is 10.6 Å². The molecule has 1 aliphatic heterocycles. The molecule has 1 atom stereocenters. The maximum atomic E-state index is 12.0. The third kappa shape index (κ3) is 4.41. The van der Waals surface area contributed by atoms with Gasteiger partial charge >= 0.3 is 12.0 Å². The van der Waals surface area contributed by atoms with Gasteiger partial charge in [0.05, 0.1) is 0 Å². The Morgan fingerprint density at radius 3 is 2.56 bits per heavy atom. The van der Waals surface area contributed by atoms with Gasteiger partial charge in [0.25, 0.3) is 0 Å². The van der Waals surface area contributed by atoms with E-state index in [1.54, 1.807) is 12.1 Å². The highest BCUT2D eigenvalue weighted by Crippen LogP contribution is 2.32. The van der Waals surface area contributed by atoms with E-state index in [0.717, 1.165) is 11.1 Å². The lowest BCUT2D eigenvalue weighted by atomic mass is 10.1. The molecule has 3 rings (SSSR count). The molecule has 7 nitrogen and oxygen atoms in total. The lowest BCUT2D eigenvalue weighted by molar-refractivity contribution is -0.139. The summed E-state index contributed by atoms with van der Waals surface area (Å²) in [7, 11) is 0. The van der Waals surface area contributed by atoms with Crippen LogP contribution in [0.4, 0.5) is 4.79 Å². The average Bonchev–Trinajstić information content (AvgIpc) is 3.08. The highest BCUT2D eigenvalue weighted by molar-refractivity contribution is 5.82. The Morgan fingerprint density at radius 1 is 1.04 bits per heavy atom. The first kappa shape index (κ1) is 16.6. The van der Waals surface area contributed by atoms with Crippen molar-refractivity contribution in [3.05, 3.63) is 59.7 Å². The molecule has 0 radical (unpaired) electrons. The zero-order chi connectivity index (χ0) is 17.6. The molecule has 0 saturated heterocycles. The maximum absolute atomic E-state index is 12.0. The zero-order valence-corrected chi connectivity index (χ0v) is 13.4. The van der Waals surface area contributed by atoms with E-state index < -0.39 is 18.0 Å². The van der Waals surface area contributed by atoms with Gasteiger partial charge in [-0.1, -0.05) is 36.4 Å². The minimum absolute atomic E-state index is 0.187. The smallest absolute Gasteiger partial charge is 0.326 e. The van der Waals surface area contributed by atoms with Gasteiger partial charge in [-0.05, 0) is 23.3 Å². The van der Waals surface area contributed by atoms with Crippen molar-refractivity contribution in [1.29, 1.82) is 0 Å². The summed E-state index contributed by atoms with van der Waals surface area (Å²) < 4.78 is 10.5. The highest BCUT2D eigenvalue weighted by Gasteiger charge is 2.20. The number of hydrogen-bond donors (Lipinski definition) is 3. The predicted octanol–water partition coefficient (Wildman–Crippen LogP) is 1.91. The van der Waals surface area contributed by atoms with Gasteiger partial charge in [0.2, 0.25) is 6.79 Å². The largest absolute Gasteiger partial charge is 0.480 e. The summed E-state index contributed by atoms with van der Waals surface area (Å²) in [5, 5.41) is 14.4. The Labute approximate surface area is 144 Å². The van der Waals surface area contributed by atoms with E-state index in [4.69, 9.17) is 9.47 Å². The van der Waals surface area contributed by atoms with Gasteiger partial charge in [0.1, 0.15) is 6.04 Å². The average molecular weight is 342 g/mol. The summed E-state index contributed by atoms with van der Waals surface area (Å²) in [5.74, 6) is 0.219. The number of carbonyl (C=O) groups is 2. The molecule has 3 N–H and O–H groups in total. The molecule has 0 bridgehead atoms. The first-order chi connectivity index (χ1) is 12.1. The molecule has 0 saturated carbocycles. The van der Waals surface area contributed by atoms with Crippen LogP contribution in [-0.2, 0) is 17.8 Å². The van der Waals surface area contributed by atoms with Gasteiger partial charge in [-0.25, -0.2) is 9.59 Å². The fourth-order valence-electron chi connectivity index (χ4n) is 2.49. The van der Waals surface area contributed by atoms with Crippen LogP contribution in [-0.4, -0.2) is 29.9 Å². The molecule has 0 fully saturated rings. The van der Waals surface area contributed by atoms with E-state index in [0.29, 0.717) is 11.5 Å². The second-order valence-electron chi connectivity index (χ2n) is 5.60. The molecule has 2 amide bonds. The molecule has 7 heteroatoms. The highest BCUT2D eigenvalue weighted by atomic mass is 16.7. The quantitative estimate of drug-likeness (QED) is 0.745.